The zero-order chi connectivity index (χ0) is 91.7. The van der Waals surface area contributed by atoms with Crippen molar-refractivity contribution in [1.29, 1.82) is 21.6 Å². The van der Waals surface area contributed by atoms with E-state index in [9.17, 15) is 19.2 Å². The van der Waals surface area contributed by atoms with Crippen LogP contribution in [0.1, 0.15) is 39.5 Å². The second-order valence-electron chi connectivity index (χ2n) is 28.6. The van der Waals surface area contributed by atoms with Gasteiger partial charge >= 0.3 is 0 Å². The van der Waals surface area contributed by atoms with E-state index in [1.165, 1.54) is 59.7 Å². The highest BCUT2D eigenvalue weighted by atomic mass is 32.2. The number of amides is 4. The normalized spacial score (nSPS) is 10.9. The van der Waals surface area contributed by atoms with E-state index in [4.69, 9.17) is 54.8 Å². The molecule has 8 heterocycles. The second-order valence-corrected chi connectivity index (χ2v) is 32.4. The third-order valence-electron chi connectivity index (χ3n) is 19.9. The summed E-state index contributed by atoms with van der Waals surface area (Å²) >= 11 is 4.95. The molecule has 35 nitrogen and oxygen atoms in total. The molecule has 0 fully saturated rings. The van der Waals surface area contributed by atoms with Crippen LogP contribution in [0.5, 0.6) is 40.2 Å². The standard InChI is InChI=1S/C23H24N6O4S.C23H24N6O2S.C22H22N6O3S.C22H22N6O2S/c1-13-20-21(24)29(14-5-7-15(31-2)8-6-14)23(26-22(20)28-27-13)34-12-19(30)25-17-10-9-16(32-3)11-18(17)33-4;1-13-5-6-16(11-14(13)2)25-19(30)12-32-23-26-22-20(15(3)27-28-22)21(24)29(23)17-7-9-18(31-4)10-8-17;1-13-19-20(23)28(15-7-9-16(30-2)10-8-15)22(25-21(19)27-26-13)32-12-18(29)24-14-5-4-6-17(11-14)31-3;1-13-7-6-8-15(11-13)28-20(23)19-14(2)26-27-21(19)25-22(28)31-12-18(29)24-16-9-4-5-10-17(16)30-3/h5-11,24H,12H2,1-4H3,(H,25,30)(H,27,28);5-11,24H,12H2,1-4H3,(H,25,30)(H,27,28);4-11,23H,12H2,1-3H3,(H,24,29)(H,26,27);4-11,23H,12H2,1-3H3,(H,24,29)(H,26,27). The van der Waals surface area contributed by atoms with Gasteiger partial charge in [0.1, 0.15) is 62.2 Å². The van der Waals surface area contributed by atoms with E-state index in [0.29, 0.717) is 116 Å². The minimum atomic E-state index is -0.249. The molecule has 39 heteroatoms. The van der Waals surface area contributed by atoms with E-state index in [0.717, 1.165) is 68.1 Å². The number of para-hydroxylation sites is 2. The van der Waals surface area contributed by atoms with Gasteiger partial charge < -0.3 is 54.4 Å². The number of hydrogen-bond acceptors (Lipinski definition) is 27. The molecule has 662 valence electrons. The molecule has 16 rings (SSSR count). The van der Waals surface area contributed by atoms with Crippen LogP contribution in [0.15, 0.2) is 203 Å². The van der Waals surface area contributed by atoms with Crippen molar-refractivity contribution in [2.75, 3.05) is 94.0 Å². The molecule has 0 spiro atoms. The van der Waals surface area contributed by atoms with Gasteiger partial charge in [0.15, 0.2) is 43.2 Å². The molecular formula is C90H92N24O11S4. The molecule has 0 saturated carbocycles. The molecule has 0 saturated heterocycles. The maximum atomic E-state index is 12.8. The van der Waals surface area contributed by atoms with Crippen LogP contribution >= 0.6 is 47.0 Å². The number of carbonyl (C=O) groups is 4. The van der Waals surface area contributed by atoms with E-state index in [2.05, 4.69) is 82.0 Å². The Balaban J connectivity index is 0.000000147. The van der Waals surface area contributed by atoms with Gasteiger partial charge in [-0.3, -0.25) is 79.5 Å². The zero-order valence-corrected chi connectivity index (χ0v) is 75.9. The molecule has 0 aliphatic rings. The number of fused-ring (bicyclic) bond motifs is 4. The summed E-state index contributed by atoms with van der Waals surface area (Å²) in [6, 6.07) is 55.2. The molecule has 0 unspecified atom stereocenters. The number of H-pyrrole nitrogens is 4. The first-order valence-electron chi connectivity index (χ1n) is 39.7. The summed E-state index contributed by atoms with van der Waals surface area (Å²) in [6.07, 6.45) is 0. The zero-order valence-electron chi connectivity index (χ0n) is 72.6. The van der Waals surface area contributed by atoms with E-state index in [1.807, 2.05) is 182 Å². The number of aromatic amines is 4. The summed E-state index contributed by atoms with van der Waals surface area (Å²) in [7, 11) is 11.0. The fourth-order valence-electron chi connectivity index (χ4n) is 13.3. The maximum absolute atomic E-state index is 12.8. The number of ether oxygens (including phenoxy) is 7. The van der Waals surface area contributed by atoms with Crippen molar-refractivity contribution in [1.82, 2.24) is 79.0 Å². The van der Waals surface area contributed by atoms with Crippen LogP contribution in [-0.2, 0) is 19.2 Å². The van der Waals surface area contributed by atoms with Crippen molar-refractivity contribution < 1.29 is 52.3 Å². The molecule has 0 bridgehead atoms. The number of methoxy groups -OCH3 is 7. The summed E-state index contributed by atoms with van der Waals surface area (Å²) < 4.78 is 43.6. The predicted octanol–water partition coefficient (Wildman–Crippen LogP) is 14.1. The van der Waals surface area contributed by atoms with Gasteiger partial charge in [0.25, 0.3) is 0 Å². The number of nitrogens with zero attached hydrogens (tertiary/aromatic N) is 12. The Morgan fingerprint density at radius 3 is 1.03 bits per heavy atom. The number of thioether (sulfide) groups is 4. The van der Waals surface area contributed by atoms with Gasteiger partial charge in [0.2, 0.25) is 23.6 Å². The van der Waals surface area contributed by atoms with Gasteiger partial charge in [-0.15, -0.1) is 0 Å². The molecule has 0 radical (unpaired) electrons. The van der Waals surface area contributed by atoms with Crippen LogP contribution in [0.3, 0.4) is 0 Å². The van der Waals surface area contributed by atoms with Crippen LogP contribution < -0.4 is 76.4 Å². The summed E-state index contributed by atoms with van der Waals surface area (Å²) in [5.41, 5.74) is 14.7. The summed E-state index contributed by atoms with van der Waals surface area (Å²) in [5, 5.41) is 79.6. The smallest absolute Gasteiger partial charge is 0.234 e. The number of benzene rings is 8. The summed E-state index contributed by atoms with van der Waals surface area (Å²) in [5.74, 6) is 4.13. The van der Waals surface area contributed by atoms with Crippen molar-refractivity contribution in [2.45, 2.75) is 69.1 Å². The first-order chi connectivity index (χ1) is 62.3. The maximum Gasteiger partial charge on any atom is 0.234 e. The number of aromatic nitrogens is 16. The van der Waals surface area contributed by atoms with Crippen LogP contribution in [0, 0.1) is 70.1 Å². The van der Waals surface area contributed by atoms with Crippen molar-refractivity contribution in [3.63, 3.8) is 0 Å². The van der Waals surface area contributed by atoms with Gasteiger partial charge in [-0.2, -0.15) is 20.4 Å². The van der Waals surface area contributed by atoms with E-state index < -0.39 is 0 Å². The lowest BCUT2D eigenvalue weighted by atomic mass is 10.1. The lowest BCUT2D eigenvalue weighted by Crippen LogP contribution is -2.23. The molecule has 16 aromatic rings. The van der Waals surface area contributed by atoms with E-state index in [-0.39, 0.29) is 68.6 Å². The first kappa shape index (κ1) is 91.7. The molecule has 129 heavy (non-hydrogen) atoms. The second kappa shape index (κ2) is 41.9. The molecular weight excluding hydrogens is 1720 g/mol. The SMILES string of the molecule is COc1ccc(-n2c(SCC(=O)Nc3ccc(C)c(C)c3)nc3n[nH]c(C)c3c2=N)cc1.COc1ccc(-n2c(SCC(=O)Nc3ccc(OC)cc3OC)nc3n[nH]c(C)c3c2=N)cc1.COc1ccc(-n2c(SCC(=O)Nc3cccc(OC)c3)nc3n[nH]c(C)c3c2=N)cc1.COc1ccccc1NC(=O)CSc1nc2n[nH]c(C)c2c(=N)n1-c1cccc(C)c1. The van der Waals surface area contributed by atoms with Gasteiger partial charge in [-0.05, 0) is 199 Å². The summed E-state index contributed by atoms with van der Waals surface area (Å²) in [6.45, 7) is 13.5. The predicted molar refractivity (Wildman–Crippen MR) is 498 cm³/mol. The average molecular weight is 1810 g/mol. The fraction of sp³-hybridized carbons (Fsp3) is 0.200. The third kappa shape index (κ3) is 21.6. The lowest BCUT2D eigenvalue weighted by molar-refractivity contribution is -0.114. The van der Waals surface area contributed by atoms with Gasteiger partial charge in [-0.25, -0.2) is 19.9 Å². The summed E-state index contributed by atoms with van der Waals surface area (Å²) in [4.78, 5) is 69.1. The minimum Gasteiger partial charge on any atom is -0.497 e. The Morgan fingerprint density at radius 1 is 0.318 bits per heavy atom. The van der Waals surface area contributed by atoms with Gasteiger partial charge in [-0.1, -0.05) is 83.4 Å². The molecule has 0 atom stereocenters. The fourth-order valence-corrected chi connectivity index (χ4v) is 16.5. The third-order valence-corrected chi connectivity index (χ3v) is 23.7. The van der Waals surface area contributed by atoms with Crippen molar-refractivity contribution in [3.05, 3.63) is 243 Å². The molecule has 0 aliphatic carbocycles. The van der Waals surface area contributed by atoms with Crippen molar-refractivity contribution in [2.24, 2.45) is 0 Å². The molecule has 0 aliphatic heterocycles. The number of aryl methyl sites for hydroxylation is 7. The Morgan fingerprint density at radius 2 is 0.659 bits per heavy atom. The first-order valence-corrected chi connectivity index (χ1v) is 43.6. The number of anilines is 4. The van der Waals surface area contributed by atoms with Crippen LogP contribution in [0.2, 0.25) is 0 Å². The Hall–Kier alpha value is -15.0. The molecule has 8 aromatic heterocycles. The molecule has 12 N–H and O–H groups in total. The highest BCUT2D eigenvalue weighted by Crippen LogP contribution is 2.33. The number of hydrogen-bond donors (Lipinski definition) is 12. The monoisotopic (exact) mass is 1810 g/mol. The van der Waals surface area contributed by atoms with Gasteiger partial charge in [0.05, 0.1) is 106 Å². The molecule has 4 amide bonds. The number of rotatable bonds is 27. The Labute approximate surface area is 755 Å². The quantitative estimate of drug-likeness (QED) is 0.0168. The lowest BCUT2D eigenvalue weighted by Gasteiger charge is -2.14. The van der Waals surface area contributed by atoms with E-state index >= 15 is 0 Å². The highest BCUT2D eigenvalue weighted by Gasteiger charge is 2.24. The van der Waals surface area contributed by atoms with E-state index in [1.54, 1.807) is 109 Å². The largest absolute Gasteiger partial charge is 0.497 e. The Kier molecular flexibility index (Phi) is 29.8. The van der Waals surface area contributed by atoms with Crippen molar-refractivity contribution in [3.8, 4) is 63.0 Å². The topological polar surface area (TPSA) is 462 Å². The Bertz CT molecular complexity index is 7090. The van der Waals surface area contributed by atoms with Crippen molar-refractivity contribution >= 4 is 138 Å². The van der Waals surface area contributed by atoms with Crippen LogP contribution in [0.4, 0.5) is 22.7 Å². The van der Waals surface area contributed by atoms with Crippen LogP contribution in [0.25, 0.3) is 66.9 Å². The number of nitrogens with one attached hydrogen (secondary N) is 12. The van der Waals surface area contributed by atoms with Crippen LogP contribution in [-0.4, -0.2) is 175 Å². The van der Waals surface area contributed by atoms with Gasteiger partial charge in [0, 0.05) is 69.0 Å². The minimum absolute atomic E-state index is 0.0622. The highest BCUT2D eigenvalue weighted by molar-refractivity contribution is 8.00. The number of carbonyl (C=O) groups excluding carboxylic acids is 4. The average Bonchev–Trinajstić information content (AvgIpc) is 1.69. The molecule has 8 aromatic carbocycles.